The SMILES string of the molecule is CCn1cc(NC(=O)[C@@H]2[C@H]3CC[C@@H](C3)[C@H]2C(=O)O)c(C(=O)NCCOC)n1. The van der Waals surface area contributed by atoms with Crippen LogP contribution in [-0.4, -0.2) is 52.9 Å². The van der Waals surface area contributed by atoms with Gasteiger partial charge in [-0.2, -0.15) is 5.10 Å². The van der Waals surface area contributed by atoms with Crippen LogP contribution in [0.4, 0.5) is 5.69 Å². The van der Waals surface area contributed by atoms with Gasteiger partial charge in [0, 0.05) is 26.4 Å². The maximum atomic E-state index is 12.9. The molecule has 0 aliphatic heterocycles. The molecule has 0 spiro atoms. The molecular formula is C18H26N4O5. The number of nitrogens with zero attached hydrogens (tertiary/aromatic N) is 2. The molecule has 2 amide bonds. The van der Waals surface area contributed by atoms with Crippen LogP contribution >= 0.6 is 0 Å². The van der Waals surface area contributed by atoms with Crippen molar-refractivity contribution in [1.29, 1.82) is 0 Å². The number of hydrogen-bond acceptors (Lipinski definition) is 5. The van der Waals surface area contributed by atoms with E-state index in [2.05, 4.69) is 15.7 Å². The average molecular weight is 378 g/mol. The molecule has 2 aliphatic carbocycles. The second-order valence-corrected chi connectivity index (χ2v) is 7.21. The number of carboxylic acid groups (broad SMARTS) is 1. The van der Waals surface area contributed by atoms with E-state index in [-0.39, 0.29) is 23.4 Å². The molecule has 1 heterocycles. The Morgan fingerprint density at radius 1 is 1.30 bits per heavy atom. The minimum absolute atomic E-state index is 0.0680. The van der Waals surface area contributed by atoms with Crippen LogP contribution in [-0.2, 0) is 20.9 Å². The molecule has 0 saturated heterocycles. The van der Waals surface area contributed by atoms with E-state index in [1.54, 1.807) is 10.9 Å². The zero-order chi connectivity index (χ0) is 19.6. The fourth-order valence-electron chi connectivity index (χ4n) is 4.43. The maximum absolute atomic E-state index is 12.9. The standard InChI is InChI=1S/C18H26N4O5/c1-3-22-9-12(15(21-22)17(24)19-6-7-27-2)20-16(23)13-10-4-5-11(8-10)14(13)18(25)26/h9-11,13-14H,3-8H2,1-2H3,(H,19,24)(H,20,23)(H,25,26)/t10-,11-,13+,14+/m0/s1. The van der Waals surface area contributed by atoms with Crippen molar-refractivity contribution >= 4 is 23.5 Å². The highest BCUT2D eigenvalue weighted by Gasteiger charge is 2.54. The van der Waals surface area contributed by atoms with E-state index < -0.39 is 23.7 Å². The Balaban J connectivity index is 1.76. The summed E-state index contributed by atoms with van der Waals surface area (Å²) in [4.78, 5) is 36.9. The fraction of sp³-hybridized carbons (Fsp3) is 0.667. The molecule has 2 saturated carbocycles. The number of carbonyl (C=O) groups is 3. The van der Waals surface area contributed by atoms with Crippen LogP contribution in [0.25, 0.3) is 0 Å². The lowest BCUT2D eigenvalue weighted by molar-refractivity contribution is -0.148. The maximum Gasteiger partial charge on any atom is 0.307 e. The Kier molecular flexibility index (Phi) is 5.79. The second kappa shape index (κ2) is 8.08. The molecule has 0 unspecified atom stereocenters. The number of aliphatic carboxylic acids is 1. The number of carbonyl (C=O) groups excluding carboxylic acids is 2. The van der Waals surface area contributed by atoms with Gasteiger partial charge in [0.15, 0.2) is 5.69 Å². The van der Waals surface area contributed by atoms with Crippen molar-refractivity contribution in [3.05, 3.63) is 11.9 Å². The molecule has 2 aliphatic rings. The van der Waals surface area contributed by atoms with Gasteiger partial charge in [-0.3, -0.25) is 19.1 Å². The van der Waals surface area contributed by atoms with Gasteiger partial charge in [0.25, 0.3) is 5.91 Å². The summed E-state index contributed by atoms with van der Waals surface area (Å²) in [5, 5.41) is 19.2. The van der Waals surface area contributed by atoms with Gasteiger partial charge < -0.3 is 20.5 Å². The predicted molar refractivity (Wildman–Crippen MR) is 96.2 cm³/mol. The number of rotatable bonds is 8. The van der Waals surface area contributed by atoms with Crippen molar-refractivity contribution in [2.45, 2.75) is 32.7 Å². The summed E-state index contributed by atoms with van der Waals surface area (Å²) in [6, 6.07) is 0. The van der Waals surface area contributed by atoms with Gasteiger partial charge in [-0.05, 0) is 38.0 Å². The van der Waals surface area contributed by atoms with Crippen LogP contribution < -0.4 is 10.6 Å². The number of nitrogens with one attached hydrogen (secondary N) is 2. The number of aryl methyl sites for hydroxylation is 1. The minimum Gasteiger partial charge on any atom is -0.481 e. The molecule has 9 nitrogen and oxygen atoms in total. The van der Waals surface area contributed by atoms with Crippen molar-refractivity contribution < 1.29 is 24.2 Å². The Hall–Kier alpha value is -2.42. The summed E-state index contributed by atoms with van der Waals surface area (Å²) in [6.45, 7) is 3.12. The molecule has 9 heteroatoms. The zero-order valence-corrected chi connectivity index (χ0v) is 15.6. The van der Waals surface area contributed by atoms with Crippen molar-refractivity contribution in [3.8, 4) is 0 Å². The first-order valence-corrected chi connectivity index (χ1v) is 9.34. The topological polar surface area (TPSA) is 123 Å². The summed E-state index contributed by atoms with van der Waals surface area (Å²) in [5.74, 6) is -2.70. The summed E-state index contributed by atoms with van der Waals surface area (Å²) in [6.07, 6.45) is 4.14. The van der Waals surface area contributed by atoms with Gasteiger partial charge in [0.1, 0.15) is 0 Å². The quantitative estimate of drug-likeness (QED) is 0.579. The van der Waals surface area contributed by atoms with Crippen molar-refractivity contribution in [1.82, 2.24) is 15.1 Å². The highest BCUT2D eigenvalue weighted by Crippen LogP contribution is 2.52. The number of ether oxygens (including phenoxy) is 1. The van der Waals surface area contributed by atoms with Gasteiger partial charge in [0.05, 0.1) is 24.1 Å². The molecule has 0 aromatic carbocycles. The minimum atomic E-state index is -0.913. The Morgan fingerprint density at radius 3 is 2.63 bits per heavy atom. The Labute approximate surface area is 157 Å². The van der Waals surface area contributed by atoms with Gasteiger partial charge in [-0.1, -0.05) is 0 Å². The van der Waals surface area contributed by atoms with Gasteiger partial charge in [-0.25, -0.2) is 0 Å². The molecule has 1 aromatic heterocycles. The number of hydrogen-bond donors (Lipinski definition) is 3. The van der Waals surface area contributed by atoms with Crippen LogP contribution in [0.2, 0.25) is 0 Å². The Bertz CT molecular complexity index is 731. The van der Waals surface area contributed by atoms with E-state index >= 15 is 0 Å². The van der Waals surface area contributed by atoms with E-state index in [4.69, 9.17) is 4.74 Å². The van der Waals surface area contributed by atoms with Crippen molar-refractivity contribution in [2.75, 3.05) is 25.6 Å². The van der Waals surface area contributed by atoms with E-state index in [1.165, 1.54) is 7.11 Å². The lowest BCUT2D eigenvalue weighted by Gasteiger charge is -2.26. The van der Waals surface area contributed by atoms with Crippen LogP contribution in [0, 0.1) is 23.7 Å². The normalized spacial score (nSPS) is 26.1. The molecule has 3 N–H and O–H groups in total. The van der Waals surface area contributed by atoms with Gasteiger partial charge in [-0.15, -0.1) is 0 Å². The van der Waals surface area contributed by atoms with E-state index in [0.717, 1.165) is 19.3 Å². The largest absolute Gasteiger partial charge is 0.481 e. The van der Waals surface area contributed by atoms with Crippen LogP contribution in [0.3, 0.4) is 0 Å². The fourth-order valence-corrected chi connectivity index (χ4v) is 4.43. The number of fused-ring (bicyclic) bond motifs is 2. The molecule has 2 bridgehead atoms. The average Bonchev–Trinajstić information content (AvgIpc) is 3.35. The predicted octanol–water partition coefficient (Wildman–Crippen LogP) is 0.965. The van der Waals surface area contributed by atoms with Crippen LogP contribution in [0.1, 0.15) is 36.7 Å². The zero-order valence-electron chi connectivity index (χ0n) is 15.6. The summed E-state index contributed by atoms with van der Waals surface area (Å²) < 4.78 is 6.48. The van der Waals surface area contributed by atoms with Crippen molar-refractivity contribution in [3.63, 3.8) is 0 Å². The Morgan fingerprint density at radius 2 is 2.00 bits per heavy atom. The first-order chi connectivity index (χ1) is 13.0. The lowest BCUT2D eigenvalue weighted by atomic mass is 9.78. The summed E-state index contributed by atoms with van der Waals surface area (Å²) in [5.41, 5.74) is 0.431. The number of anilines is 1. The second-order valence-electron chi connectivity index (χ2n) is 7.21. The number of methoxy groups -OCH3 is 1. The summed E-state index contributed by atoms with van der Waals surface area (Å²) in [7, 11) is 1.54. The van der Waals surface area contributed by atoms with E-state index in [1.807, 2.05) is 6.92 Å². The monoisotopic (exact) mass is 378 g/mol. The van der Waals surface area contributed by atoms with E-state index in [9.17, 15) is 19.5 Å². The smallest absolute Gasteiger partial charge is 0.307 e. The highest BCUT2D eigenvalue weighted by atomic mass is 16.5. The molecule has 1 aromatic rings. The van der Waals surface area contributed by atoms with Gasteiger partial charge in [0.2, 0.25) is 5.91 Å². The molecule has 27 heavy (non-hydrogen) atoms. The number of amides is 2. The van der Waals surface area contributed by atoms with Crippen LogP contribution in [0.15, 0.2) is 6.20 Å². The molecule has 2 fully saturated rings. The third-order valence-corrected chi connectivity index (χ3v) is 5.65. The van der Waals surface area contributed by atoms with Gasteiger partial charge >= 0.3 is 5.97 Å². The highest BCUT2D eigenvalue weighted by molar-refractivity contribution is 6.03. The first kappa shape index (κ1) is 19.3. The third kappa shape index (κ3) is 3.83. The van der Waals surface area contributed by atoms with Crippen molar-refractivity contribution in [2.24, 2.45) is 23.7 Å². The molecule has 4 atom stereocenters. The number of aromatic nitrogens is 2. The lowest BCUT2D eigenvalue weighted by Crippen LogP contribution is -2.38. The van der Waals surface area contributed by atoms with Crippen LogP contribution in [0.5, 0.6) is 0 Å². The molecular weight excluding hydrogens is 352 g/mol. The molecule has 148 valence electrons. The first-order valence-electron chi connectivity index (χ1n) is 9.34. The van der Waals surface area contributed by atoms with E-state index in [0.29, 0.717) is 25.4 Å². The molecule has 3 rings (SSSR count). The number of carboxylic acids is 1. The molecule has 0 radical (unpaired) electrons. The summed E-state index contributed by atoms with van der Waals surface area (Å²) >= 11 is 0. The third-order valence-electron chi connectivity index (χ3n) is 5.65.